The zero-order valence-corrected chi connectivity index (χ0v) is 10.9. The van der Waals surface area contributed by atoms with Gasteiger partial charge in [0.25, 0.3) is 0 Å². The maximum atomic E-state index is 11.9. The minimum atomic E-state index is 0.0273. The first-order valence-electron chi connectivity index (χ1n) is 6.89. The van der Waals surface area contributed by atoms with Gasteiger partial charge in [-0.25, -0.2) is 0 Å². The molecule has 19 heavy (non-hydrogen) atoms. The Morgan fingerprint density at radius 2 is 1.95 bits per heavy atom. The molecule has 2 nitrogen and oxygen atoms in total. The Labute approximate surface area is 113 Å². The van der Waals surface area contributed by atoms with Crippen LogP contribution in [0.1, 0.15) is 18.4 Å². The van der Waals surface area contributed by atoms with Crippen molar-refractivity contribution in [3.8, 4) is 0 Å². The van der Waals surface area contributed by atoms with Crippen LogP contribution < -0.4 is 0 Å². The van der Waals surface area contributed by atoms with Crippen molar-refractivity contribution in [3.05, 3.63) is 60.2 Å². The first-order chi connectivity index (χ1) is 9.34. The number of allylic oxidation sites excluding steroid dienone is 4. The van der Waals surface area contributed by atoms with Crippen LogP contribution in [0.25, 0.3) is 0 Å². The highest BCUT2D eigenvalue weighted by Crippen LogP contribution is 2.38. The van der Waals surface area contributed by atoms with Gasteiger partial charge >= 0.3 is 0 Å². The Morgan fingerprint density at radius 1 is 1.11 bits per heavy atom. The fraction of sp³-hybridized carbons (Fsp3) is 0.353. The van der Waals surface area contributed by atoms with E-state index in [1.54, 1.807) is 6.08 Å². The van der Waals surface area contributed by atoms with Gasteiger partial charge in [0.1, 0.15) is 0 Å². The molecule has 0 saturated heterocycles. The molecular weight excluding hydrogens is 236 g/mol. The Bertz CT molecular complexity index is 501. The van der Waals surface area contributed by atoms with E-state index >= 15 is 0 Å². The summed E-state index contributed by atoms with van der Waals surface area (Å²) in [5.74, 6) is 0.609. The minimum absolute atomic E-state index is 0.0273. The van der Waals surface area contributed by atoms with Crippen LogP contribution in [0.2, 0.25) is 0 Å². The third-order valence-corrected chi connectivity index (χ3v) is 4.05. The van der Waals surface area contributed by atoms with Crippen LogP contribution >= 0.6 is 0 Å². The quantitative estimate of drug-likeness (QED) is 0.824. The smallest absolute Gasteiger partial charge is 0.162 e. The zero-order valence-electron chi connectivity index (χ0n) is 10.9. The number of benzene rings is 1. The molecule has 0 heterocycles. The SMILES string of the molecule is O=C1C=CC=CC1C1CCC1OCc1ccccc1. The van der Waals surface area contributed by atoms with Crippen molar-refractivity contribution in [2.45, 2.75) is 25.6 Å². The van der Waals surface area contributed by atoms with Gasteiger partial charge in [0.15, 0.2) is 5.78 Å². The first-order valence-corrected chi connectivity index (χ1v) is 6.89. The summed E-state index contributed by atoms with van der Waals surface area (Å²) in [5, 5.41) is 0. The summed E-state index contributed by atoms with van der Waals surface area (Å²) in [5.41, 5.74) is 1.19. The standard InChI is InChI=1S/C17H18O2/c18-16-9-5-4-8-14(16)15-10-11-17(15)19-12-13-6-2-1-3-7-13/h1-9,14-15,17H,10-12H2. The van der Waals surface area contributed by atoms with E-state index < -0.39 is 0 Å². The van der Waals surface area contributed by atoms with Crippen molar-refractivity contribution in [3.63, 3.8) is 0 Å². The molecular formula is C17H18O2. The van der Waals surface area contributed by atoms with E-state index in [9.17, 15) is 4.79 Å². The molecule has 3 atom stereocenters. The Balaban J connectivity index is 1.57. The summed E-state index contributed by atoms with van der Waals surface area (Å²) in [4.78, 5) is 11.9. The zero-order chi connectivity index (χ0) is 13.1. The fourth-order valence-corrected chi connectivity index (χ4v) is 2.78. The van der Waals surface area contributed by atoms with Crippen LogP contribution in [0.3, 0.4) is 0 Å². The average molecular weight is 254 g/mol. The van der Waals surface area contributed by atoms with Crippen LogP contribution in [-0.4, -0.2) is 11.9 Å². The monoisotopic (exact) mass is 254 g/mol. The van der Waals surface area contributed by atoms with Gasteiger partial charge in [-0.15, -0.1) is 0 Å². The highest BCUT2D eigenvalue weighted by atomic mass is 16.5. The van der Waals surface area contributed by atoms with E-state index in [0.717, 1.165) is 12.8 Å². The summed E-state index contributed by atoms with van der Waals surface area (Å²) in [6, 6.07) is 10.2. The number of carbonyl (C=O) groups is 1. The van der Waals surface area contributed by atoms with Crippen LogP contribution in [-0.2, 0) is 16.1 Å². The highest BCUT2D eigenvalue weighted by molar-refractivity contribution is 5.94. The molecule has 2 aliphatic rings. The van der Waals surface area contributed by atoms with Crippen LogP contribution in [0.4, 0.5) is 0 Å². The molecule has 1 saturated carbocycles. The molecule has 2 heteroatoms. The molecule has 0 amide bonds. The molecule has 98 valence electrons. The molecule has 1 fully saturated rings. The molecule has 1 aromatic rings. The average Bonchev–Trinajstić information content (AvgIpc) is 2.41. The topological polar surface area (TPSA) is 26.3 Å². The molecule has 0 radical (unpaired) electrons. The van der Waals surface area contributed by atoms with Gasteiger partial charge in [0.2, 0.25) is 0 Å². The van der Waals surface area contributed by atoms with E-state index in [0.29, 0.717) is 12.5 Å². The Kier molecular flexibility index (Phi) is 3.60. The van der Waals surface area contributed by atoms with Gasteiger partial charge in [0, 0.05) is 5.92 Å². The summed E-state index contributed by atoms with van der Waals surface area (Å²) in [6.45, 7) is 0.641. The third kappa shape index (κ3) is 2.69. The number of hydrogen-bond acceptors (Lipinski definition) is 2. The van der Waals surface area contributed by atoms with Gasteiger partial charge in [-0.3, -0.25) is 4.79 Å². The Morgan fingerprint density at radius 3 is 2.63 bits per heavy atom. The van der Waals surface area contributed by atoms with Gasteiger partial charge in [-0.1, -0.05) is 48.6 Å². The number of ketones is 1. The fourth-order valence-electron chi connectivity index (χ4n) is 2.78. The van der Waals surface area contributed by atoms with Crippen molar-refractivity contribution in [2.75, 3.05) is 0 Å². The second-order valence-corrected chi connectivity index (χ2v) is 5.25. The predicted molar refractivity (Wildman–Crippen MR) is 74.5 cm³/mol. The Hall–Kier alpha value is -1.67. The molecule has 3 rings (SSSR count). The van der Waals surface area contributed by atoms with E-state index in [1.165, 1.54) is 5.56 Å². The number of rotatable bonds is 4. The summed E-state index contributed by atoms with van der Waals surface area (Å²) < 4.78 is 5.97. The van der Waals surface area contributed by atoms with Crippen LogP contribution in [0, 0.1) is 11.8 Å². The van der Waals surface area contributed by atoms with Gasteiger partial charge in [0.05, 0.1) is 12.7 Å². The van der Waals surface area contributed by atoms with Crippen LogP contribution in [0.15, 0.2) is 54.6 Å². The second kappa shape index (κ2) is 5.54. The number of carbonyl (C=O) groups excluding carboxylic acids is 1. The van der Waals surface area contributed by atoms with E-state index in [4.69, 9.17) is 4.74 Å². The normalized spacial score (nSPS) is 29.3. The van der Waals surface area contributed by atoms with Gasteiger partial charge in [-0.05, 0) is 30.4 Å². The summed E-state index contributed by atoms with van der Waals surface area (Å²) in [7, 11) is 0. The molecule has 1 aromatic carbocycles. The predicted octanol–water partition coefficient (Wildman–Crippen LogP) is 3.29. The third-order valence-electron chi connectivity index (χ3n) is 4.05. The molecule has 0 bridgehead atoms. The lowest BCUT2D eigenvalue weighted by molar-refractivity contribution is -0.125. The van der Waals surface area contributed by atoms with Crippen molar-refractivity contribution >= 4 is 5.78 Å². The minimum Gasteiger partial charge on any atom is -0.373 e. The number of hydrogen-bond donors (Lipinski definition) is 0. The largest absolute Gasteiger partial charge is 0.373 e. The van der Waals surface area contributed by atoms with Crippen molar-refractivity contribution < 1.29 is 9.53 Å². The summed E-state index contributed by atoms with van der Waals surface area (Å²) >= 11 is 0. The van der Waals surface area contributed by atoms with E-state index in [-0.39, 0.29) is 17.8 Å². The van der Waals surface area contributed by atoms with Gasteiger partial charge in [-0.2, -0.15) is 0 Å². The maximum absolute atomic E-state index is 11.9. The van der Waals surface area contributed by atoms with Crippen LogP contribution in [0.5, 0.6) is 0 Å². The van der Waals surface area contributed by atoms with Crippen molar-refractivity contribution in [1.29, 1.82) is 0 Å². The molecule has 0 N–H and O–H groups in total. The van der Waals surface area contributed by atoms with Gasteiger partial charge < -0.3 is 4.74 Å². The lowest BCUT2D eigenvalue weighted by atomic mass is 9.70. The summed E-state index contributed by atoms with van der Waals surface area (Å²) in [6.07, 6.45) is 9.87. The van der Waals surface area contributed by atoms with E-state index in [1.807, 2.05) is 36.4 Å². The van der Waals surface area contributed by atoms with Crippen molar-refractivity contribution in [2.24, 2.45) is 11.8 Å². The maximum Gasteiger partial charge on any atom is 0.162 e. The first kappa shape index (κ1) is 12.4. The van der Waals surface area contributed by atoms with E-state index in [2.05, 4.69) is 12.1 Å². The van der Waals surface area contributed by atoms with Crippen molar-refractivity contribution in [1.82, 2.24) is 0 Å². The molecule has 0 aliphatic heterocycles. The molecule has 2 aliphatic carbocycles. The lowest BCUT2D eigenvalue weighted by Gasteiger charge is -2.40. The molecule has 3 unspecified atom stereocenters. The second-order valence-electron chi connectivity index (χ2n) is 5.25. The molecule has 0 aromatic heterocycles. The molecule has 0 spiro atoms. The highest BCUT2D eigenvalue weighted by Gasteiger charge is 2.39. The lowest BCUT2D eigenvalue weighted by Crippen LogP contribution is -2.41. The number of ether oxygens (including phenoxy) is 1.